The lowest BCUT2D eigenvalue weighted by atomic mass is 10.2. The molecule has 0 spiro atoms. The van der Waals surface area contributed by atoms with Crippen molar-refractivity contribution in [2.45, 2.75) is 25.4 Å². The van der Waals surface area contributed by atoms with Crippen LogP contribution < -0.4 is 10.6 Å². The Morgan fingerprint density at radius 2 is 2.08 bits per heavy atom. The van der Waals surface area contributed by atoms with Crippen molar-refractivity contribution in [2.24, 2.45) is 0 Å². The van der Waals surface area contributed by atoms with Crippen molar-refractivity contribution in [3.05, 3.63) is 57.0 Å². The number of thiophene rings is 1. The first-order chi connectivity index (χ1) is 12.1. The molecule has 0 saturated carbocycles. The van der Waals surface area contributed by atoms with E-state index >= 15 is 0 Å². The van der Waals surface area contributed by atoms with Gasteiger partial charge in [-0.25, -0.2) is 9.18 Å². The number of likely N-dealkylation sites (tertiary alicyclic amines) is 1. The van der Waals surface area contributed by atoms with Gasteiger partial charge >= 0.3 is 6.03 Å². The summed E-state index contributed by atoms with van der Waals surface area (Å²) in [5.41, 5.74) is 0.760. The second-order valence-electron chi connectivity index (χ2n) is 6.09. The van der Waals surface area contributed by atoms with E-state index in [1.54, 1.807) is 17.4 Å². The van der Waals surface area contributed by atoms with Crippen LogP contribution >= 0.6 is 22.9 Å². The van der Waals surface area contributed by atoms with E-state index in [1.807, 2.05) is 6.07 Å². The highest BCUT2D eigenvalue weighted by Gasteiger charge is 2.24. The van der Waals surface area contributed by atoms with Gasteiger partial charge in [0.05, 0.1) is 11.1 Å². The van der Waals surface area contributed by atoms with Crippen LogP contribution in [0, 0.1) is 5.82 Å². The molecule has 1 aliphatic heterocycles. The zero-order valence-corrected chi connectivity index (χ0v) is 15.4. The van der Waals surface area contributed by atoms with Gasteiger partial charge in [0.15, 0.2) is 0 Å². The molecule has 2 amide bonds. The summed E-state index contributed by atoms with van der Waals surface area (Å²) < 4.78 is 13.2. The summed E-state index contributed by atoms with van der Waals surface area (Å²) in [5, 5.41) is 7.87. The van der Waals surface area contributed by atoms with Gasteiger partial charge in [-0.1, -0.05) is 23.7 Å². The molecule has 0 aliphatic carbocycles. The molecule has 2 N–H and O–H groups in total. The Labute approximate surface area is 156 Å². The minimum Gasteiger partial charge on any atom is -0.336 e. The number of halogens is 2. The average molecular weight is 382 g/mol. The number of carbonyl (C=O) groups excluding carboxylic acids is 1. The molecule has 1 atom stereocenters. The Morgan fingerprint density at radius 1 is 1.28 bits per heavy atom. The van der Waals surface area contributed by atoms with E-state index in [0.717, 1.165) is 18.7 Å². The van der Waals surface area contributed by atoms with Gasteiger partial charge in [-0.2, -0.15) is 0 Å². The lowest BCUT2D eigenvalue weighted by molar-refractivity contribution is 0.222. The summed E-state index contributed by atoms with van der Waals surface area (Å²) in [4.78, 5) is 15.8. The standard InChI is InChI=1S/C18H21ClFN3OS/c19-14-10-13(5-6-15(14)20)11-21-18(24)22-12-16(17-4-3-9-25-17)23-7-1-2-8-23/h3-6,9-10,16H,1-2,7-8,11-12H2,(H2,21,22,24). The highest BCUT2D eigenvalue weighted by atomic mass is 35.5. The number of benzene rings is 1. The van der Waals surface area contributed by atoms with Gasteiger partial charge in [0, 0.05) is 18.0 Å². The first kappa shape index (κ1) is 18.2. The first-order valence-corrected chi connectivity index (χ1v) is 9.62. The number of urea groups is 1. The third-order valence-electron chi connectivity index (χ3n) is 4.35. The van der Waals surface area contributed by atoms with Gasteiger partial charge in [0.2, 0.25) is 0 Å². The average Bonchev–Trinajstić information content (AvgIpc) is 3.30. The summed E-state index contributed by atoms with van der Waals surface area (Å²) in [6, 6.07) is 8.58. The number of amides is 2. The molecule has 1 aromatic carbocycles. The fourth-order valence-electron chi connectivity index (χ4n) is 3.03. The van der Waals surface area contributed by atoms with Crippen molar-refractivity contribution in [1.82, 2.24) is 15.5 Å². The Hall–Kier alpha value is -1.63. The van der Waals surface area contributed by atoms with Crippen molar-refractivity contribution in [3.8, 4) is 0 Å². The van der Waals surface area contributed by atoms with Crippen LogP contribution in [0.4, 0.5) is 9.18 Å². The molecule has 1 aromatic heterocycles. The zero-order chi connectivity index (χ0) is 17.6. The fourth-order valence-corrected chi connectivity index (χ4v) is 4.09. The number of nitrogens with one attached hydrogen (secondary N) is 2. The molecule has 0 radical (unpaired) electrons. The van der Waals surface area contributed by atoms with Gasteiger partial charge < -0.3 is 10.6 Å². The zero-order valence-electron chi connectivity index (χ0n) is 13.8. The topological polar surface area (TPSA) is 44.4 Å². The monoisotopic (exact) mass is 381 g/mol. The van der Waals surface area contributed by atoms with E-state index in [0.29, 0.717) is 13.1 Å². The Morgan fingerprint density at radius 3 is 2.76 bits per heavy atom. The molecule has 4 nitrogen and oxygen atoms in total. The van der Waals surface area contributed by atoms with Crippen LogP contribution in [-0.2, 0) is 6.54 Å². The van der Waals surface area contributed by atoms with Crippen molar-refractivity contribution in [2.75, 3.05) is 19.6 Å². The van der Waals surface area contributed by atoms with Gasteiger partial charge in [-0.15, -0.1) is 11.3 Å². The van der Waals surface area contributed by atoms with E-state index in [1.165, 1.54) is 29.9 Å². The molecular weight excluding hydrogens is 361 g/mol. The predicted octanol–water partition coefficient (Wildman–Crippen LogP) is 4.18. The van der Waals surface area contributed by atoms with Gasteiger partial charge in [0.25, 0.3) is 0 Å². The molecule has 1 saturated heterocycles. The first-order valence-electron chi connectivity index (χ1n) is 8.36. The third-order valence-corrected chi connectivity index (χ3v) is 5.61. The minimum absolute atomic E-state index is 0.0616. The van der Waals surface area contributed by atoms with Crippen LogP contribution in [0.1, 0.15) is 29.3 Å². The highest BCUT2D eigenvalue weighted by molar-refractivity contribution is 7.10. The molecule has 3 rings (SSSR count). The Kier molecular flexibility index (Phi) is 6.29. The SMILES string of the molecule is O=C(NCc1ccc(F)c(Cl)c1)NCC(c1cccs1)N1CCCC1. The minimum atomic E-state index is -0.459. The normalized spacial score (nSPS) is 15.9. The van der Waals surface area contributed by atoms with Gasteiger partial charge in [0.1, 0.15) is 5.82 Å². The molecule has 25 heavy (non-hydrogen) atoms. The van der Waals surface area contributed by atoms with E-state index in [2.05, 4.69) is 27.0 Å². The highest BCUT2D eigenvalue weighted by Crippen LogP contribution is 2.27. The smallest absolute Gasteiger partial charge is 0.315 e. The summed E-state index contributed by atoms with van der Waals surface area (Å²) in [6.07, 6.45) is 2.42. The van der Waals surface area contributed by atoms with E-state index in [9.17, 15) is 9.18 Å². The van der Waals surface area contributed by atoms with E-state index < -0.39 is 5.82 Å². The lowest BCUT2D eigenvalue weighted by Gasteiger charge is -2.27. The van der Waals surface area contributed by atoms with Crippen LogP contribution in [0.5, 0.6) is 0 Å². The van der Waals surface area contributed by atoms with Gasteiger partial charge in [-0.3, -0.25) is 4.90 Å². The maximum absolute atomic E-state index is 13.2. The third kappa shape index (κ3) is 4.93. The van der Waals surface area contributed by atoms with Crippen LogP contribution in [0.2, 0.25) is 5.02 Å². The maximum atomic E-state index is 13.2. The number of hydrogen-bond acceptors (Lipinski definition) is 3. The molecule has 1 aliphatic rings. The maximum Gasteiger partial charge on any atom is 0.315 e. The summed E-state index contributed by atoms with van der Waals surface area (Å²) >= 11 is 7.47. The number of nitrogens with zero attached hydrogens (tertiary/aromatic N) is 1. The quantitative estimate of drug-likeness (QED) is 0.788. The molecule has 7 heteroatoms. The second-order valence-corrected chi connectivity index (χ2v) is 7.47. The van der Waals surface area contributed by atoms with Gasteiger partial charge in [-0.05, 0) is 55.1 Å². The van der Waals surface area contributed by atoms with Crippen LogP contribution in [-0.4, -0.2) is 30.6 Å². The predicted molar refractivity (Wildman–Crippen MR) is 99.5 cm³/mol. The van der Waals surface area contributed by atoms with Crippen molar-refractivity contribution >= 4 is 29.0 Å². The molecule has 1 fully saturated rings. The summed E-state index contributed by atoms with van der Waals surface area (Å²) in [6.45, 7) is 3.01. The van der Waals surface area contributed by atoms with E-state index in [4.69, 9.17) is 11.6 Å². The van der Waals surface area contributed by atoms with Crippen LogP contribution in [0.3, 0.4) is 0 Å². The molecule has 0 bridgehead atoms. The summed E-state index contributed by atoms with van der Waals surface area (Å²) in [7, 11) is 0. The second kappa shape index (κ2) is 8.65. The van der Waals surface area contributed by atoms with Crippen molar-refractivity contribution in [3.63, 3.8) is 0 Å². The molecular formula is C18H21ClFN3OS. The van der Waals surface area contributed by atoms with Crippen molar-refractivity contribution in [1.29, 1.82) is 0 Å². The molecule has 134 valence electrons. The molecule has 2 heterocycles. The van der Waals surface area contributed by atoms with Crippen LogP contribution in [0.25, 0.3) is 0 Å². The largest absolute Gasteiger partial charge is 0.336 e. The Bertz CT molecular complexity index is 704. The molecule has 2 aromatic rings. The lowest BCUT2D eigenvalue weighted by Crippen LogP contribution is -2.41. The fraction of sp³-hybridized carbons (Fsp3) is 0.389. The Balaban J connectivity index is 1.51. The number of carbonyl (C=O) groups is 1. The van der Waals surface area contributed by atoms with Crippen molar-refractivity contribution < 1.29 is 9.18 Å². The number of rotatable bonds is 6. The summed E-state index contributed by atoms with van der Waals surface area (Å²) in [5.74, 6) is -0.459. The van der Waals surface area contributed by atoms with E-state index in [-0.39, 0.29) is 17.1 Å². The molecule has 1 unspecified atom stereocenters. The van der Waals surface area contributed by atoms with Crippen LogP contribution in [0.15, 0.2) is 35.7 Å². The number of hydrogen-bond donors (Lipinski definition) is 2.